The van der Waals surface area contributed by atoms with Gasteiger partial charge < -0.3 is 34.6 Å². The Balaban J connectivity index is 2.01. The maximum atomic E-state index is 9.38. The van der Waals surface area contributed by atoms with Crippen molar-refractivity contribution in [2.24, 2.45) is 0 Å². The minimum Gasteiger partial charge on any atom is -0.493 e. The van der Waals surface area contributed by atoms with Gasteiger partial charge in [-0.2, -0.15) is 5.26 Å². The zero-order valence-corrected chi connectivity index (χ0v) is 16.8. The van der Waals surface area contributed by atoms with Crippen molar-refractivity contribution in [3.8, 4) is 23.3 Å². The molecule has 0 bridgehead atoms. The molecule has 2 heterocycles. The molecule has 29 heavy (non-hydrogen) atoms. The second-order valence-corrected chi connectivity index (χ2v) is 6.05. The van der Waals surface area contributed by atoms with Crippen molar-refractivity contribution in [1.82, 2.24) is 9.97 Å². The van der Waals surface area contributed by atoms with Gasteiger partial charge in [0.25, 0.3) is 0 Å². The fourth-order valence-corrected chi connectivity index (χ4v) is 3.02. The van der Waals surface area contributed by atoms with E-state index in [2.05, 4.69) is 26.7 Å². The van der Waals surface area contributed by atoms with Gasteiger partial charge in [-0.05, 0) is 0 Å². The van der Waals surface area contributed by atoms with Crippen LogP contribution in [0.5, 0.6) is 17.2 Å². The molecular formula is C20H23N5O4. The molecule has 0 saturated heterocycles. The van der Waals surface area contributed by atoms with Crippen LogP contribution in [0.2, 0.25) is 0 Å². The van der Waals surface area contributed by atoms with Crippen LogP contribution < -0.4 is 24.8 Å². The summed E-state index contributed by atoms with van der Waals surface area (Å²) in [5, 5.41) is 16.7. The highest BCUT2D eigenvalue weighted by atomic mass is 16.5. The van der Waals surface area contributed by atoms with Crippen LogP contribution in [0.4, 0.5) is 17.2 Å². The Labute approximate surface area is 168 Å². The van der Waals surface area contributed by atoms with Crippen LogP contribution >= 0.6 is 0 Å². The summed E-state index contributed by atoms with van der Waals surface area (Å²) in [7, 11) is 6.31. The molecule has 152 valence electrons. The molecule has 0 fully saturated rings. The van der Waals surface area contributed by atoms with E-state index in [-0.39, 0.29) is 0 Å². The normalized spacial score (nSPS) is 10.4. The molecule has 1 aromatic carbocycles. The van der Waals surface area contributed by atoms with Gasteiger partial charge in [0, 0.05) is 43.7 Å². The van der Waals surface area contributed by atoms with Crippen molar-refractivity contribution in [2.75, 3.05) is 52.2 Å². The Bertz CT molecular complexity index is 1020. The summed E-state index contributed by atoms with van der Waals surface area (Å²) in [5.74, 6) is 2.15. The molecule has 0 saturated carbocycles. The molecule has 0 aliphatic carbocycles. The van der Waals surface area contributed by atoms with E-state index >= 15 is 0 Å². The number of nitrogens with zero attached hydrogens (tertiary/aromatic N) is 2. The summed E-state index contributed by atoms with van der Waals surface area (Å²) >= 11 is 0. The second-order valence-electron chi connectivity index (χ2n) is 6.05. The average Bonchev–Trinajstić information content (AvgIpc) is 3.16. The lowest BCUT2D eigenvalue weighted by Crippen LogP contribution is -2.08. The third-order valence-corrected chi connectivity index (χ3v) is 4.32. The SMILES string of the molecule is COCCNc1cc(Nc2cc(OC)c(OC)c(OC)c2)nc2[nH]cc(C#N)c12. The Hall–Kier alpha value is -3.64. The van der Waals surface area contributed by atoms with Gasteiger partial charge in [0.1, 0.15) is 17.5 Å². The topological polar surface area (TPSA) is 113 Å². The van der Waals surface area contributed by atoms with Crippen LogP contribution in [-0.4, -0.2) is 51.6 Å². The van der Waals surface area contributed by atoms with E-state index < -0.39 is 0 Å². The van der Waals surface area contributed by atoms with Gasteiger partial charge in [-0.1, -0.05) is 0 Å². The number of nitriles is 1. The van der Waals surface area contributed by atoms with Gasteiger partial charge in [0.2, 0.25) is 5.75 Å². The highest BCUT2D eigenvalue weighted by molar-refractivity contribution is 5.96. The van der Waals surface area contributed by atoms with Crippen molar-refractivity contribution in [2.45, 2.75) is 0 Å². The highest BCUT2D eigenvalue weighted by Gasteiger charge is 2.15. The number of anilines is 3. The highest BCUT2D eigenvalue weighted by Crippen LogP contribution is 2.41. The van der Waals surface area contributed by atoms with Crippen molar-refractivity contribution in [3.05, 3.63) is 30.0 Å². The van der Waals surface area contributed by atoms with E-state index in [1.807, 2.05) is 6.07 Å². The van der Waals surface area contributed by atoms with Gasteiger partial charge in [0.15, 0.2) is 11.5 Å². The van der Waals surface area contributed by atoms with Gasteiger partial charge in [-0.25, -0.2) is 4.98 Å². The molecule has 3 aromatic rings. The Morgan fingerprint density at radius 1 is 1.07 bits per heavy atom. The van der Waals surface area contributed by atoms with E-state index in [0.29, 0.717) is 53.1 Å². The first kappa shape index (κ1) is 20.1. The molecule has 9 nitrogen and oxygen atoms in total. The zero-order valence-electron chi connectivity index (χ0n) is 16.8. The minimum absolute atomic E-state index is 0.508. The Morgan fingerprint density at radius 3 is 2.38 bits per heavy atom. The van der Waals surface area contributed by atoms with Gasteiger partial charge in [0.05, 0.1) is 44.6 Å². The number of fused-ring (bicyclic) bond motifs is 1. The Kier molecular flexibility index (Phi) is 6.26. The van der Waals surface area contributed by atoms with Crippen molar-refractivity contribution in [3.63, 3.8) is 0 Å². The summed E-state index contributed by atoms with van der Waals surface area (Å²) in [6, 6.07) is 7.61. The number of ether oxygens (including phenoxy) is 4. The third kappa shape index (κ3) is 4.12. The summed E-state index contributed by atoms with van der Waals surface area (Å²) < 4.78 is 21.3. The maximum absolute atomic E-state index is 9.38. The van der Waals surface area contributed by atoms with Crippen LogP contribution in [0.25, 0.3) is 11.0 Å². The number of H-pyrrole nitrogens is 1. The lowest BCUT2D eigenvalue weighted by atomic mass is 10.2. The third-order valence-electron chi connectivity index (χ3n) is 4.32. The molecular weight excluding hydrogens is 374 g/mol. The van der Waals surface area contributed by atoms with Crippen LogP contribution in [0.15, 0.2) is 24.4 Å². The standard InChI is InChI=1S/C20H23N5O4/c1-26-6-5-22-14-9-17(25-20-18(14)12(10-21)11-23-20)24-13-7-15(27-2)19(29-4)16(8-13)28-3/h7-9,11H,5-6H2,1-4H3,(H3,22,23,24,25). The molecule has 3 rings (SSSR count). The predicted octanol–water partition coefficient (Wildman–Crippen LogP) is 3.26. The molecule has 0 atom stereocenters. The molecule has 2 aromatic heterocycles. The van der Waals surface area contributed by atoms with E-state index in [1.54, 1.807) is 46.8 Å². The molecule has 0 unspecified atom stereocenters. The number of hydrogen-bond acceptors (Lipinski definition) is 8. The predicted molar refractivity (Wildman–Crippen MR) is 111 cm³/mol. The van der Waals surface area contributed by atoms with E-state index in [0.717, 1.165) is 11.1 Å². The van der Waals surface area contributed by atoms with Crippen LogP contribution in [0.1, 0.15) is 5.56 Å². The molecule has 0 spiro atoms. The summed E-state index contributed by atoms with van der Waals surface area (Å²) in [5.41, 5.74) is 2.60. The first-order valence-electron chi connectivity index (χ1n) is 8.87. The summed E-state index contributed by atoms with van der Waals surface area (Å²) in [6.07, 6.45) is 1.64. The maximum Gasteiger partial charge on any atom is 0.203 e. The smallest absolute Gasteiger partial charge is 0.203 e. The number of nitrogens with one attached hydrogen (secondary N) is 3. The summed E-state index contributed by atoms with van der Waals surface area (Å²) in [6.45, 7) is 1.13. The first-order chi connectivity index (χ1) is 14.1. The lowest BCUT2D eigenvalue weighted by molar-refractivity contribution is 0.211. The number of aromatic nitrogens is 2. The molecule has 0 amide bonds. The largest absolute Gasteiger partial charge is 0.493 e. The van der Waals surface area contributed by atoms with Crippen LogP contribution in [-0.2, 0) is 4.74 Å². The van der Waals surface area contributed by atoms with E-state index in [4.69, 9.17) is 18.9 Å². The zero-order chi connectivity index (χ0) is 20.8. The fraction of sp³-hybridized carbons (Fsp3) is 0.300. The fourth-order valence-electron chi connectivity index (χ4n) is 3.02. The number of methoxy groups -OCH3 is 4. The number of pyridine rings is 1. The second kappa shape index (κ2) is 9.03. The number of benzene rings is 1. The van der Waals surface area contributed by atoms with E-state index in [1.165, 1.54) is 0 Å². The van der Waals surface area contributed by atoms with Gasteiger partial charge in [-0.15, -0.1) is 0 Å². The number of aromatic amines is 1. The monoisotopic (exact) mass is 397 g/mol. The molecule has 9 heteroatoms. The van der Waals surface area contributed by atoms with Gasteiger partial charge in [-0.3, -0.25) is 0 Å². The van der Waals surface area contributed by atoms with Crippen molar-refractivity contribution < 1.29 is 18.9 Å². The van der Waals surface area contributed by atoms with Crippen LogP contribution in [0, 0.1) is 11.3 Å². The number of hydrogen-bond donors (Lipinski definition) is 3. The molecule has 0 aliphatic heterocycles. The Morgan fingerprint density at radius 2 is 1.79 bits per heavy atom. The van der Waals surface area contributed by atoms with Crippen LogP contribution in [0.3, 0.4) is 0 Å². The number of rotatable bonds is 9. The molecule has 3 N–H and O–H groups in total. The lowest BCUT2D eigenvalue weighted by Gasteiger charge is -2.15. The van der Waals surface area contributed by atoms with Crippen molar-refractivity contribution >= 4 is 28.2 Å². The summed E-state index contributed by atoms with van der Waals surface area (Å²) in [4.78, 5) is 7.62. The molecule has 0 radical (unpaired) electrons. The average molecular weight is 397 g/mol. The minimum atomic E-state index is 0.508. The quantitative estimate of drug-likeness (QED) is 0.472. The van der Waals surface area contributed by atoms with E-state index in [9.17, 15) is 5.26 Å². The van der Waals surface area contributed by atoms with Gasteiger partial charge >= 0.3 is 0 Å². The first-order valence-corrected chi connectivity index (χ1v) is 8.87. The molecule has 0 aliphatic rings. The van der Waals surface area contributed by atoms with Crippen molar-refractivity contribution in [1.29, 1.82) is 5.26 Å².